The molecule has 0 saturated heterocycles. The zero-order valence-corrected chi connectivity index (χ0v) is 15.1. The average molecular weight is 368 g/mol. The molecule has 3 aromatic rings. The molecular weight excluding hydrogens is 348 g/mol. The van der Waals surface area contributed by atoms with Crippen LogP contribution in [-0.4, -0.2) is 22.7 Å². The van der Waals surface area contributed by atoms with Gasteiger partial charge >= 0.3 is 0 Å². The van der Waals surface area contributed by atoms with Crippen molar-refractivity contribution in [2.45, 2.75) is 31.8 Å². The van der Waals surface area contributed by atoms with Gasteiger partial charge in [0.25, 0.3) is 5.91 Å². The van der Waals surface area contributed by atoms with Crippen LogP contribution >= 0.6 is 11.3 Å². The minimum absolute atomic E-state index is 0.137. The monoisotopic (exact) mass is 368 g/mol. The van der Waals surface area contributed by atoms with E-state index in [9.17, 15) is 9.90 Å². The van der Waals surface area contributed by atoms with E-state index in [0.29, 0.717) is 5.69 Å². The molecule has 2 aromatic heterocycles. The quantitative estimate of drug-likeness (QED) is 0.719. The smallest absolute Gasteiger partial charge is 0.273 e. The minimum Gasteiger partial charge on any atom is -0.387 e. The Kier molecular flexibility index (Phi) is 4.86. The summed E-state index contributed by atoms with van der Waals surface area (Å²) in [5.74, 6) is 0.539. The van der Waals surface area contributed by atoms with Crippen LogP contribution in [-0.2, 0) is 12.8 Å². The second kappa shape index (κ2) is 7.43. The van der Waals surface area contributed by atoms with E-state index in [0.717, 1.165) is 48.1 Å². The number of hydrogen-bond acceptors (Lipinski definition) is 5. The summed E-state index contributed by atoms with van der Waals surface area (Å²) in [4.78, 5) is 12.4. The zero-order chi connectivity index (χ0) is 17.9. The minimum atomic E-state index is -0.766. The van der Waals surface area contributed by atoms with E-state index in [2.05, 4.69) is 21.9 Å². The number of aliphatic hydroxyl groups excluding tert-OH is 1. The molecule has 0 saturated carbocycles. The van der Waals surface area contributed by atoms with Gasteiger partial charge in [0.2, 0.25) is 0 Å². The van der Waals surface area contributed by atoms with Crippen LogP contribution in [0.2, 0.25) is 0 Å². The van der Waals surface area contributed by atoms with Crippen LogP contribution in [0.25, 0.3) is 11.1 Å². The molecule has 0 radical (unpaired) electrons. The van der Waals surface area contributed by atoms with E-state index >= 15 is 0 Å². The lowest BCUT2D eigenvalue weighted by molar-refractivity contribution is 0.0906. The zero-order valence-electron chi connectivity index (χ0n) is 14.3. The van der Waals surface area contributed by atoms with Crippen LogP contribution in [0, 0.1) is 0 Å². The Labute approximate surface area is 155 Å². The van der Waals surface area contributed by atoms with Crippen molar-refractivity contribution in [1.82, 2.24) is 10.5 Å². The third-order valence-electron chi connectivity index (χ3n) is 4.77. The molecule has 2 N–H and O–H groups in total. The van der Waals surface area contributed by atoms with Crippen molar-refractivity contribution < 1.29 is 14.4 Å². The number of benzene rings is 1. The molecule has 1 aliphatic carbocycles. The van der Waals surface area contributed by atoms with Crippen molar-refractivity contribution in [2.24, 2.45) is 0 Å². The molecule has 0 aliphatic heterocycles. The van der Waals surface area contributed by atoms with Gasteiger partial charge in [-0.1, -0.05) is 29.4 Å². The standard InChI is InChI=1S/C20H20N2O3S/c23-17(14-7-5-13(6-8-14)15-9-10-26-12-15)11-21-20(24)19-16-3-1-2-4-18(16)25-22-19/h5-10,12,17,23H,1-4,11H2,(H,21,24)/t17-/m1/s1. The Hall–Kier alpha value is -2.44. The number of aromatic nitrogens is 1. The molecule has 5 nitrogen and oxygen atoms in total. The van der Waals surface area contributed by atoms with Crippen LogP contribution < -0.4 is 5.32 Å². The van der Waals surface area contributed by atoms with Gasteiger partial charge in [0.15, 0.2) is 5.69 Å². The summed E-state index contributed by atoms with van der Waals surface area (Å²) in [5.41, 5.74) is 4.33. The lowest BCUT2D eigenvalue weighted by Crippen LogP contribution is -2.29. The van der Waals surface area contributed by atoms with Gasteiger partial charge < -0.3 is 14.9 Å². The molecule has 0 spiro atoms. The Morgan fingerprint density at radius 3 is 2.77 bits per heavy atom. The molecule has 0 unspecified atom stereocenters. The Bertz CT molecular complexity index is 884. The molecule has 0 fully saturated rings. The fourth-order valence-electron chi connectivity index (χ4n) is 3.28. The first kappa shape index (κ1) is 17.0. The largest absolute Gasteiger partial charge is 0.387 e. The van der Waals surface area contributed by atoms with Crippen molar-refractivity contribution >= 4 is 17.2 Å². The molecule has 6 heteroatoms. The molecule has 1 aromatic carbocycles. The van der Waals surface area contributed by atoms with E-state index in [-0.39, 0.29) is 12.5 Å². The maximum Gasteiger partial charge on any atom is 0.273 e. The second-order valence-electron chi connectivity index (χ2n) is 6.50. The molecule has 1 aliphatic rings. The first-order valence-corrected chi connectivity index (χ1v) is 9.73. The number of aliphatic hydroxyl groups is 1. The number of nitrogens with zero attached hydrogens (tertiary/aromatic N) is 1. The summed E-state index contributed by atoms with van der Waals surface area (Å²) in [5, 5.41) is 21.2. The van der Waals surface area contributed by atoms with Gasteiger partial charge in [0, 0.05) is 18.5 Å². The predicted molar refractivity (Wildman–Crippen MR) is 100 cm³/mol. The van der Waals surface area contributed by atoms with Crippen molar-refractivity contribution in [3.05, 3.63) is 63.7 Å². The number of carbonyl (C=O) groups is 1. The summed E-state index contributed by atoms with van der Waals surface area (Å²) in [6.45, 7) is 0.137. The van der Waals surface area contributed by atoms with Crippen LogP contribution in [0.15, 0.2) is 45.6 Å². The number of hydrogen-bond donors (Lipinski definition) is 2. The van der Waals surface area contributed by atoms with Crippen LogP contribution in [0.3, 0.4) is 0 Å². The van der Waals surface area contributed by atoms with E-state index < -0.39 is 6.10 Å². The highest BCUT2D eigenvalue weighted by atomic mass is 32.1. The molecule has 1 amide bonds. The highest BCUT2D eigenvalue weighted by Gasteiger charge is 2.24. The average Bonchev–Trinajstić information content (AvgIpc) is 3.36. The summed E-state index contributed by atoms with van der Waals surface area (Å²) < 4.78 is 5.28. The lowest BCUT2D eigenvalue weighted by Gasteiger charge is -2.13. The summed E-state index contributed by atoms with van der Waals surface area (Å²) in [6.07, 6.45) is 3.03. The molecule has 26 heavy (non-hydrogen) atoms. The molecular formula is C20H20N2O3S. The van der Waals surface area contributed by atoms with Crippen molar-refractivity contribution in [1.29, 1.82) is 0 Å². The van der Waals surface area contributed by atoms with Crippen molar-refractivity contribution in [3.8, 4) is 11.1 Å². The second-order valence-corrected chi connectivity index (χ2v) is 7.28. The van der Waals surface area contributed by atoms with Crippen molar-refractivity contribution in [3.63, 3.8) is 0 Å². The van der Waals surface area contributed by atoms with Gasteiger partial charge in [-0.25, -0.2) is 0 Å². The Balaban J connectivity index is 1.38. The van der Waals surface area contributed by atoms with Crippen molar-refractivity contribution in [2.75, 3.05) is 6.54 Å². The summed E-state index contributed by atoms with van der Waals surface area (Å²) in [6, 6.07) is 9.81. The highest BCUT2D eigenvalue weighted by Crippen LogP contribution is 2.25. The third-order valence-corrected chi connectivity index (χ3v) is 5.45. The van der Waals surface area contributed by atoms with Crippen LogP contribution in [0.5, 0.6) is 0 Å². The predicted octanol–water partition coefficient (Wildman–Crippen LogP) is 3.75. The van der Waals surface area contributed by atoms with Gasteiger partial charge in [-0.2, -0.15) is 11.3 Å². The lowest BCUT2D eigenvalue weighted by atomic mass is 9.96. The fourth-order valence-corrected chi connectivity index (χ4v) is 3.95. The number of aryl methyl sites for hydroxylation is 1. The van der Waals surface area contributed by atoms with Crippen LogP contribution in [0.1, 0.15) is 46.3 Å². The van der Waals surface area contributed by atoms with Gasteiger partial charge in [-0.15, -0.1) is 0 Å². The maximum absolute atomic E-state index is 12.4. The molecule has 134 valence electrons. The fraction of sp³-hybridized carbons (Fsp3) is 0.300. The molecule has 1 atom stereocenters. The summed E-state index contributed by atoms with van der Waals surface area (Å²) in [7, 11) is 0. The van der Waals surface area contributed by atoms with Crippen LogP contribution in [0.4, 0.5) is 0 Å². The SMILES string of the molecule is O=C(NC[C@@H](O)c1ccc(-c2ccsc2)cc1)c1noc2c1CCCC2. The first-order chi connectivity index (χ1) is 12.7. The van der Waals surface area contributed by atoms with E-state index in [1.165, 1.54) is 5.56 Å². The number of nitrogens with one attached hydrogen (secondary N) is 1. The molecule has 4 rings (SSSR count). The number of rotatable bonds is 5. The maximum atomic E-state index is 12.4. The van der Waals surface area contributed by atoms with E-state index in [1.807, 2.05) is 29.6 Å². The Morgan fingerprint density at radius 1 is 1.19 bits per heavy atom. The van der Waals surface area contributed by atoms with Gasteiger partial charge in [0.1, 0.15) is 5.76 Å². The summed E-state index contributed by atoms with van der Waals surface area (Å²) >= 11 is 1.65. The molecule has 0 bridgehead atoms. The molecule has 2 heterocycles. The number of carbonyl (C=O) groups excluding carboxylic acids is 1. The topological polar surface area (TPSA) is 75.4 Å². The van der Waals surface area contributed by atoms with Gasteiger partial charge in [-0.3, -0.25) is 4.79 Å². The number of amides is 1. The number of thiophene rings is 1. The third kappa shape index (κ3) is 3.43. The van der Waals surface area contributed by atoms with E-state index in [4.69, 9.17) is 4.52 Å². The van der Waals surface area contributed by atoms with Gasteiger partial charge in [-0.05, 0) is 52.8 Å². The number of fused-ring (bicyclic) bond motifs is 1. The van der Waals surface area contributed by atoms with Gasteiger partial charge in [0.05, 0.1) is 6.10 Å². The normalized spacial score (nSPS) is 14.7. The highest BCUT2D eigenvalue weighted by molar-refractivity contribution is 7.08. The van der Waals surface area contributed by atoms with E-state index in [1.54, 1.807) is 11.3 Å². The first-order valence-electron chi connectivity index (χ1n) is 8.78. The Morgan fingerprint density at radius 2 is 2.00 bits per heavy atom.